The van der Waals surface area contributed by atoms with Crippen LogP contribution in [0.1, 0.15) is 29.8 Å². The highest BCUT2D eigenvalue weighted by Crippen LogP contribution is 2.20. The van der Waals surface area contributed by atoms with Crippen molar-refractivity contribution in [2.45, 2.75) is 19.3 Å². The van der Waals surface area contributed by atoms with Crippen molar-refractivity contribution in [1.82, 2.24) is 15.2 Å². The van der Waals surface area contributed by atoms with Crippen LogP contribution in [-0.2, 0) is 4.79 Å². The van der Waals surface area contributed by atoms with Gasteiger partial charge in [0, 0.05) is 41.4 Å². The summed E-state index contributed by atoms with van der Waals surface area (Å²) in [5.41, 5.74) is 1.43. The molecule has 0 radical (unpaired) electrons. The first kappa shape index (κ1) is 15.1. The number of fused-ring (bicyclic) bond motifs is 1. The predicted molar refractivity (Wildman–Crippen MR) is 88.8 cm³/mol. The van der Waals surface area contributed by atoms with Crippen molar-refractivity contribution in [2.24, 2.45) is 0 Å². The average Bonchev–Trinajstić information content (AvgIpc) is 3.15. The highest BCUT2D eigenvalue weighted by atomic mass is 79.9. The summed E-state index contributed by atoms with van der Waals surface area (Å²) >= 11 is 3.41. The third kappa shape index (κ3) is 3.32. The monoisotopic (exact) mass is 363 g/mol. The third-order valence-electron chi connectivity index (χ3n) is 3.91. The smallest absolute Gasteiger partial charge is 0.267 e. The van der Waals surface area contributed by atoms with Gasteiger partial charge in [0.1, 0.15) is 5.69 Å². The van der Waals surface area contributed by atoms with E-state index in [1.165, 1.54) is 0 Å². The number of hydrogen-bond donors (Lipinski definition) is 2. The fourth-order valence-electron chi connectivity index (χ4n) is 2.72. The predicted octanol–water partition coefficient (Wildman–Crippen LogP) is 2.67. The molecule has 2 N–H and O–H groups in total. The van der Waals surface area contributed by atoms with E-state index in [-0.39, 0.29) is 11.8 Å². The molecular weight excluding hydrogens is 346 g/mol. The van der Waals surface area contributed by atoms with Gasteiger partial charge in [-0.15, -0.1) is 0 Å². The van der Waals surface area contributed by atoms with Gasteiger partial charge in [-0.25, -0.2) is 0 Å². The SMILES string of the molecule is O=C(NCCC(=O)N1CCCC1)c1cc2ccc(Br)cc2[nH]1. The number of likely N-dealkylation sites (tertiary alicyclic amines) is 1. The lowest BCUT2D eigenvalue weighted by Gasteiger charge is -2.14. The molecule has 1 aliphatic heterocycles. The minimum atomic E-state index is -0.179. The van der Waals surface area contributed by atoms with Gasteiger partial charge >= 0.3 is 0 Å². The minimum Gasteiger partial charge on any atom is -0.350 e. The number of amides is 2. The van der Waals surface area contributed by atoms with Crippen molar-refractivity contribution in [2.75, 3.05) is 19.6 Å². The molecule has 0 spiro atoms. The maximum absolute atomic E-state index is 12.1. The first-order valence-electron chi connectivity index (χ1n) is 7.48. The molecule has 0 bridgehead atoms. The summed E-state index contributed by atoms with van der Waals surface area (Å²) in [6, 6.07) is 7.64. The van der Waals surface area contributed by atoms with Crippen LogP contribution in [0.4, 0.5) is 0 Å². The molecule has 1 saturated heterocycles. The molecule has 3 rings (SSSR count). The number of benzene rings is 1. The zero-order valence-electron chi connectivity index (χ0n) is 12.2. The number of carbonyl (C=O) groups is 2. The third-order valence-corrected chi connectivity index (χ3v) is 4.41. The fourth-order valence-corrected chi connectivity index (χ4v) is 3.09. The molecule has 6 heteroatoms. The lowest BCUT2D eigenvalue weighted by Crippen LogP contribution is -2.32. The van der Waals surface area contributed by atoms with Gasteiger partial charge < -0.3 is 15.2 Å². The average molecular weight is 364 g/mol. The molecule has 5 nitrogen and oxygen atoms in total. The van der Waals surface area contributed by atoms with E-state index in [0.29, 0.717) is 18.7 Å². The maximum Gasteiger partial charge on any atom is 0.267 e. The topological polar surface area (TPSA) is 65.2 Å². The van der Waals surface area contributed by atoms with Crippen LogP contribution >= 0.6 is 15.9 Å². The van der Waals surface area contributed by atoms with E-state index in [2.05, 4.69) is 26.2 Å². The molecule has 0 aliphatic carbocycles. The first-order valence-corrected chi connectivity index (χ1v) is 8.27. The molecule has 2 heterocycles. The van der Waals surface area contributed by atoms with Crippen LogP contribution < -0.4 is 5.32 Å². The number of nitrogens with one attached hydrogen (secondary N) is 2. The zero-order valence-corrected chi connectivity index (χ0v) is 13.8. The molecular formula is C16H18BrN3O2. The second-order valence-corrected chi connectivity index (χ2v) is 6.42. The zero-order chi connectivity index (χ0) is 15.5. The summed E-state index contributed by atoms with van der Waals surface area (Å²) in [6.45, 7) is 2.07. The largest absolute Gasteiger partial charge is 0.350 e. The number of aromatic amines is 1. The Bertz CT molecular complexity index is 704. The quantitative estimate of drug-likeness (QED) is 0.876. The van der Waals surface area contributed by atoms with E-state index in [4.69, 9.17) is 0 Å². The Kier molecular flexibility index (Phi) is 4.47. The van der Waals surface area contributed by atoms with Crippen LogP contribution in [0, 0.1) is 0 Å². The Balaban J connectivity index is 1.55. The molecule has 0 unspecified atom stereocenters. The van der Waals surface area contributed by atoms with E-state index in [1.807, 2.05) is 29.2 Å². The van der Waals surface area contributed by atoms with Crippen LogP contribution in [0.15, 0.2) is 28.7 Å². The molecule has 116 valence electrons. The number of halogens is 1. The second-order valence-electron chi connectivity index (χ2n) is 5.51. The van der Waals surface area contributed by atoms with Crippen molar-refractivity contribution in [3.63, 3.8) is 0 Å². The molecule has 2 aromatic rings. The Morgan fingerprint density at radius 2 is 2.00 bits per heavy atom. The van der Waals surface area contributed by atoms with Crippen LogP contribution in [-0.4, -0.2) is 41.3 Å². The van der Waals surface area contributed by atoms with Crippen molar-refractivity contribution < 1.29 is 9.59 Å². The Labute approximate surface area is 137 Å². The Morgan fingerprint density at radius 1 is 1.23 bits per heavy atom. The lowest BCUT2D eigenvalue weighted by molar-refractivity contribution is -0.129. The van der Waals surface area contributed by atoms with Gasteiger partial charge in [0.05, 0.1) is 0 Å². The minimum absolute atomic E-state index is 0.123. The van der Waals surface area contributed by atoms with Gasteiger partial charge in [-0.2, -0.15) is 0 Å². The van der Waals surface area contributed by atoms with E-state index < -0.39 is 0 Å². The summed E-state index contributed by atoms with van der Waals surface area (Å²) in [4.78, 5) is 29.0. The van der Waals surface area contributed by atoms with Crippen molar-refractivity contribution in [3.8, 4) is 0 Å². The van der Waals surface area contributed by atoms with Crippen LogP contribution in [0.25, 0.3) is 10.9 Å². The molecule has 2 amide bonds. The van der Waals surface area contributed by atoms with Crippen LogP contribution in [0.3, 0.4) is 0 Å². The molecule has 0 atom stereocenters. The highest BCUT2D eigenvalue weighted by molar-refractivity contribution is 9.10. The number of carbonyl (C=O) groups excluding carboxylic acids is 2. The summed E-state index contributed by atoms with van der Waals surface area (Å²) < 4.78 is 0.963. The first-order chi connectivity index (χ1) is 10.6. The number of hydrogen-bond acceptors (Lipinski definition) is 2. The number of nitrogens with zero attached hydrogens (tertiary/aromatic N) is 1. The molecule has 0 saturated carbocycles. The fraction of sp³-hybridized carbons (Fsp3) is 0.375. The van der Waals surface area contributed by atoms with Gasteiger partial charge in [-0.05, 0) is 31.0 Å². The van der Waals surface area contributed by atoms with Gasteiger partial charge in [-0.1, -0.05) is 22.0 Å². The highest BCUT2D eigenvalue weighted by Gasteiger charge is 2.17. The van der Waals surface area contributed by atoms with Gasteiger partial charge in [0.25, 0.3) is 5.91 Å². The van der Waals surface area contributed by atoms with Gasteiger partial charge in [0.2, 0.25) is 5.91 Å². The molecule has 1 fully saturated rings. The maximum atomic E-state index is 12.1. The lowest BCUT2D eigenvalue weighted by atomic mass is 10.2. The summed E-state index contributed by atoms with van der Waals surface area (Å²) in [6.07, 6.45) is 2.53. The van der Waals surface area contributed by atoms with Crippen molar-refractivity contribution >= 4 is 38.6 Å². The van der Waals surface area contributed by atoms with Crippen LogP contribution in [0.5, 0.6) is 0 Å². The standard InChI is InChI=1S/C16H18BrN3O2/c17-12-4-3-11-9-14(19-13(11)10-12)16(22)18-6-5-15(21)20-7-1-2-8-20/h3-4,9-10,19H,1-2,5-8H2,(H,18,22). The van der Waals surface area contributed by atoms with Gasteiger partial charge in [0.15, 0.2) is 0 Å². The molecule has 22 heavy (non-hydrogen) atoms. The van der Waals surface area contributed by atoms with E-state index in [1.54, 1.807) is 0 Å². The normalized spacial score (nSPS) is 14.5. The van der Waals surface area contributed by atoms with Crippen molar-refractivity contribution in [3.05, 3.63) is 34.4 Å². The summed E-state index contributed by atoms with van der Waals surface area (Å²) in [7, 11) is 0. The Hall–Kier alpha value is -1.82. The summed E-state index contributed by atoms with van der Waals surface area (Å²) in [5, 5.41) is 3.79. The van der Waals surface area contributed by atoms with Gasteiger partial charge in [-0.3, -0.25) is 9.59 Å². The summed E-state index contributed by atoms with van der Waals surface area (Å²) in [5.74, 6) is -0.0556. The number of aromatic nitrogens is 1. The second kappa shape index (κ2) is 6.52. The van der Waals surface area contributed by atoms with E-state index >= 15 is 0 Å². The molecule has 1 aromatic carbocycles. The van der Waals surface area contributed by atoms with E-state index in [9.17, 15) is 9.59 Å². The number of H-pyrrole nitrogens is 1. The number of rotatable bonds is 4. The Morgan fingerprint density at radius 3 is 2.77 bits per heavy atom. The van der Waals surface area contributed by atoms with Crippen molar-refractivity contribution in [1.29, 1.82) is 0 Å². The van der Waals surface area contributed by atoms with E-state index in [0.717, 1.165) is 41.3 Å². The van der Waals surface area contributed by atoms with Crippen LogP contribution in [0.2, 0.25) is 0 Å². The molecule has 1 aliphatic rings. The molecule has 1 aromatic heterocycles.